The van der Waals surface area contributed by atoms with Crippen molar-refractivity contribution in [1.82, 2.24) is 19.7 Å². The molecular weight excluding hydrogens is 304 g/mol. The summed E-state index contributed by atoms with van der Waals surface area (Å²) in [4.78, 5) is 7.41. The van der Waals surface area contributed by atoms with E-state index >= 15 is 0 Å². The Labute approximate surface area is 118 Å². The van der Waals surface area contributed by atoms with E-state index in [9.17, 15) is 17.2 Å². The van der Waals surface area contributed by atoms with Crippen molar-refractivity contribution in [3.63, 3.8) is 0 Å². The molecule has 0 radical (unpaired) electrons. The molecule has 0 aromatic carbocycles. The Hall–Kier alpha value is -2.41. The van der Waals surface area contributed by atoms with E-state index < -0.39 is 28.0 Å². The average molecular weight is 313 g/mol. The number of halogens is 2. The smallest absolute Gasteiger partial charge is 0.257 e. The van der Waals surface area contributed by atoms with E-state index in [-0.39, 0.29) is 16.8 Å². The fourth-order valence-electron chi connectivity index (χ4n) is 1.57. The van der Waals surface area contributed by atoms with Gasteiger partial charge in [-0.1, -0.05) is 0 Å². The highest BCUT2D eigenvalue weighted by Crippen LogP contribution is 2.21. The van der Waals surface area contributed by atoms with Crippen molar-refractivity contribution in [1.29, 1.82) is 5.26 Å². The van der Waals surface area contributed by atoms with Gasteiger partial charge < -0.3 is 0 Å². The lowest BCUT2D eigenvalue weighted by Gasteiger charge is -2.02. The largest absolute Gasteiger partial charge is 0.266 e. The Morgan fingerprint density at radius 3 is 2.71 bits per heavy atom. The van der Waals surface area contributed by atoms with Crippen LogP contribution in [0, 0.1) is 11.3 Å². The Morgan fingerprint density at radius 2 is 2.14 bits per heavy atom. The summed E-state index contributed by atoms with van der Waals surface area (Å²) < 4.78 is 48.4. The number of sulfone groups is 1. The molecule has 0 N–H and O–H groups in total. The predicted octanol–water partition coefficient (Wildman–Crippen LogP) is 0.880. The van der Waals surface area contributed by atoms with E-state index in [1.165, 1.54) is 12.4 Å². The topological polar surface area (TPSA) is 102 Å². The maximum absolute atomic E-state index is 12.3. The number of hydrogen-bond acceptors (Lipinski definition) is 6. The van der Waals surface area contributed by atoms with Gasteiger partial charge in [-0.3, -0.25) is 4.68 Å². The van der Waals surface area contributed by atoms with E-state index in [1.54, 1.807) is 0 Å². The van der Waals surface area contributed by atoms with E-state index in [1.807, 2.05) is 6.07 Å². The van der Waals surface area contributed by atoms with Crippen LogP contribution in [0.25, 0.3) is 11.3 Å². The molecule has 0 saturated heterocycles. The van der Waals surface area contributed by atoms with Gasteiger partial charge >= 0.3 is 0 Å². The summed E-state index contributed by atoms with van der Waals surface area (Å²) in [5, 5.41) is 12.3. The molecule has 2 aromatic heterocycles. The summed E-state index contributed by atoms with van der Waals surface area (Å²) in [6.07, 6.45) is 1.92. The van der Waals surface area contributed by atoms with Crippen molar-refractivity contribution in [2.75, 3.05) is 6.26 Å². The van der Waals surface area contributed by atoms with Crippen LogP contribution in [-0.2, 0) is 16.4 Å². The molecule has 21 heavy (non-hydrogen) atoms. The highest BCUT2D eigenvalue weighted by atomic mass is 32.2. The zero-order valence-corrected chi connectivity index (χ0v) is 11.5. The Bertz CT molecular complexity index is 810. The second kappa shape index (κ2) is 5.53. The van der Waals surface area contributed by atoms with Crippen LogP contribution in [-0.4, -0.2) is 40.8 Å². The van der Waals surface area contributed by atoms with Gasteiger partial charge in [-0.05, 0) is 0 Å². The molecule has 0 atom stereocenters. The summed E-state index contributed by atoms with van der Waals surface area (Å²) >= 11 is 0. The molecule has 0 unspecified atom stereocenters. The molecule has 0 bridgehead atoms. The fourth-order valence-corrected chi connectivity index (χ4v) is 2.07. The zero-order chi connectivity index (χ0) is 15.6. The van der Waals surface area contributed by atoms with Crippen LogP contribution in [0.2, 0.25) is 0 Å². The molecular formula is C11H9F2N5O2S. The molecule has 0 aliphatic rings. The molecule has 0 amide bonds. The lowest BCUT2D eigenvalue weighted by Crippen LogP contribution is -2.07. The lowest BCUT2D eigenvalue weighted by atomic mass is 10.1. The highest BCUT2D eigenvalue weighted by molar-refractivity contribution is 7.90. The van der Waals surface area contributed by atoms with Gasteiger partial charge in [-0.15, -0.1) is 0 Å². The Kier molecular flexibility index (Phi) is 3.95. The van der Waals surface area contributed by atoms with Gasteiger partial charge in [0.05, 0.1) is 23.7 Å². The molecule has 0 saturated carbocycles. The van der Waals surface area contributed by atoms with Gasteiger partial charge in [0.1, 0.15) is 12.6 Å². The summed E-state index contributed by atoms with van der Waals surface area (Å²) in [6.45, 7) is -0.605. The first kappa shape index (κ1) is 15.0. The molecule has 10 heteroatoms. The van der Waals surface area contributed by atoms with Gasteiger partial charge in [0, 0.05) is 18.0 Å². The first-order valence-corrected chi connectivity index (χ1v) is 7.48. The van der Waals surface area contributed by atoms with E-state index in [4.69, 9.17) is 5.26 Å². The summed E-state index contributed by atoms with van der Waals surface area (Å²) in [5.41, 5.74) is 0.326. The van der Waals surface area contributed by atoms with Crippen LogP contribution in [0.15, 0.2) is 23.7 Å². The monoisotopic (exact) mass is 313 g/mol. The van der Waals surface area contributed by atoms with Gasteiger partial charge in [0.2, 0.25) is 15.0 Å². The van der Waals surface area contributed by atoms with E-state index in [2.05, 4.69) is 15.1 Å². The number of nitrogens with zero attached hydrogens (tertiary/aromatic N) is 5. The van der Waals surface area contributed by atoms with Gasteiger partial charge in [-0.2, -0.15) is 10.4 Å². The quantitative estimate of drug-likeness (QED) is 0.777. The highest BCUT2D eigenvalue weighted by Gasteiger charge is 2.17. The SMILES string of the molecule is CS(=O)(=O)c1ncc(C#N)c(-c2cnn(CC(F)F)c2)n1. The minimum Gasteiger partial charge on any atom is -0.266 e. The molecule has 0 aliphatic heterocycles. The zero-order valence-electron chi connectivity index (χ0n) is 10.7. The molecule has 2 heterocycles. The molecule has 2 rings (SSSR count). The summed E-state index contributed by atoms with van der Waals surface area (Å²) in [6, 6.07) is 1.82. The van der Waals surface area contributed by atoms with E-state index in [0.717, 1.165) is 17.1 Å². The van der Waals surface area contributed by atoms with E-state index in [0.29, 0.717) is 0 Å². The van der Waals surface area contributed by atoms with Crippen molar-refractivity contribution in [3.05, 3.63) is 24.2 Å². The number of hydrogen-bond donors (Lipinski definition) is 0. The average Bonchev–Trinajstić information content (AvgIpc) is 2.84. The van der Waals surface area contributed by atoms with Gasteiger partial charge in [0.15, 0.2) is 0 Å². The third-order valence-corrected chi connectivity index (χ3v) is 3.31. The van der Waals surface area contributed by atoms with Crippen molar-refractivity contribution in [2.24, 2.45) is 0 Å². The third-order valence-electron chi connectivity index (χ3n) is 2.45. The van der Waals surface area contributed by atoms with Crippen molar-refractivity contribution in [3.8, 4) is 17.3 Å². The van der Waals surface area contributed by atoms with Crippen LogP contribution >= 0.6 is 0 Å². The molecule has 110 valence electrons. The number of rotatable bonds is 4. The fraction of sp³-hybridized carbons (Fsp3) is 0.273. The summed E-state index contributed by atoms with van der Waals surface area (Å²) in [7, 11) is -3.65. The van der Waals surface area contributed by atoms with Crippen LogP contribution in [0.3, 0.4) is 0 Å². The van der Waals surface area contributed by atoms with Crippen LogP contribution in [0.5, 0.6) is 0 Å². The van der Waals surface area contributed by atoms with Crippen LogP contribution in [0.1, 0.15) is 5.56 Å². The van der Waals surface area contributed by atoms with Crippen molar-refractivity contribution >= 4 is 9.84 Å². The molecule has 2 aromatic rings. The van der Waals surface area contributed by atoms with Crippen LogP contribution in [0.4, 0.5) is 8.78 Å². The standard InChI is InChI=1S/C11H9F2N5O2S/c1-21(19,20)11-15-3-7(2-14)10(17-11)8-4-16-18(5-8)6-9(12)13/h3-5,9H,6H2,1H3. The predicted molar refractivity (Wildman–Crippen MR) is 67.1 cm³/mol. The van der Waals surface area contributed by atoms with Crippen LogP contribution < -0.4 is 0 Å². The first-order valence-electron chi connectivity index (χ1n) is 5.59. The van der Waals surface area contributed by atoms with Gasteiger partial charge in [0.25, 0.3) is 6.43 Å². The minimum absolute atomic E-state index is 0.0268. The number of nitriles is 1. The Balaban J connectivity index is 2.52. The maximum Gasteiger partial charge on any atom is 0.257 e. The third kappa shape index (κ3) is 3.38. The number of aromatic nitrogens is 4. The Morgan fingerprint density at radius 1 is 1.43 bits per heavy atom. The normalized spacial score (nSPS) is 11.6. The van der Waals surface area contributed by atoms with Crippen molar-refractivity contribution < 1.29 is 17.2 Å². The lowest BCUT2D eigenvalue weighted by molar-refractivity contribution is 0.122. The van der Waals surface area contributed by atoms with Gasteiger partial charge in [-0.25, -0.2) is 27.2 Å². The number of alkyl halides is 2. The minimum atomic E-state index is -3.65. The molecule has 0 spiro atoms. The molecule has 0 fully saturated rings. The van der Waals surface area contributed by atoms with Crippen molar-refractivity contribution in [2.45, 2.75) is 18.1 Å². The second-order valence-corrected chi connectivity index (χ2v) is 6.05. The summed E-state index contributed by atoms with van der Waals surface area (Å²) in [5.74, 6) is 0. The molecule has 0 aliphatic carbocycles. The maximum atomic E-state index is 12.3. The first-order chi connectivity index (χ1) is 9.81. The second-order valence-electron chi connectivity index (χ2n) is 4.14. The molecule has 7 nitrogen and oxygen atoms in total.